The number of likely N-dealkylation sites (tertiary alicyclic amines) is 1. The standard InChI is InChI=1S/C20H32BrN3O4S/c1-9(2)11(8-25)24-15(17(27)23-19(3,4)5)20-7-10(21)14(29-20)12(16(26)22-6)13(20)18(24)28/h9-15,25H,7-8H2,1-6H3,(H,22,26)(H,23,27)/t10?,11-,12-,13-,14-,15?,20?/m0/s1. The van der Waals surface area contributed by atoms with Gasteiger partial charge in [0.15, 0.2) is 0 Å². The molecule has 3 N–H and O–H groups in total. The van der Waals surface area contributed by atoms with Gasteiger partial charge in [0.2, 0.25) is 17.7 Å². The number of carbonyl (C=O) groups is 3. The molecule has 3 rings (SSSR count). The third-order valence-electron chi connectivity index (χ3n) is 6.34. The summed E-state index contributed by atoms with van der Waals surface area (Å²) in [5.41, 5.74) is -0.456. The van der Waals surface area contributed by atoms with Crippen LogP contribution < -0.4 is 10.6 Å². The van der Waals surface area contributed by atoms with Crippen molar-refractivity contribution in [3.05, 3.63) is 0 Å². The summed E-state index contributed by atoms with van der Waals surface area (Å²) in [6, 6.07) is -1.19. The number of nitrogens with zero attached hydrogens (tertiary/aromatic N) is 1. The number of thioether (sulfide) groups is 1. The minimum absolute atomic E-state index is 0.0236. The van der Waals surface area contributed by atoms with Crippen molar-refractivity contribution in [2.24, 2.45) is 17.8 Å². The van der Waals surface area contributed by atoms with Gasteiger partial charge in [0, 0.05) is 22.7 Å². The van der Waals surface area contributed by atoms with Gasteiger partial charge in [-0.1, -0.05) is 29.8 Å². The van der Waals surface area contributed by atoms with E-state index in [0.717, 1.165) is 0 Å². The number of hydrogen-bond donors (Lipinski definition) is 3. The molecule has 0 aromatic rings. The first-order valence-corrected chi connectivity index (χ1v) is 12.0. The van der Waals surface area contributed by atoms with Crippen LogP contribution in [0, 0.1) is 17.8 Å². The Morgan fingerprint density at radius 3 is 2.45 bits per heavy atom. The van der Waals surface area contributed by atoms with Gasteiger partial charge in [0.1, 0.15) is 6.04 Å². The topological polar surface area (TPSA) is 98.7 Å². The largest absolute Gasteiger partial charge is 0.394 e. The molecule has 3 aliphatic heterocycles. The third-order valence-corrected chi connectivity index (χ3v) is 9.56. The molecule has 3 saturated heterocycles. The zero-order valence-electron chi connectivity index (χ0n) is 17.9. The summed E-state index contributed by atoms with van der Waals surface area (Å²) in [5, 5.41) is 15.8. The molecule has 3 aliphatic rings. The SMILES string of the molecule is CNC(=O)[C@H]1[C@H]2C(=O)N([C@@H](CO)C(C)C)C(C(=O)NC(C)(C)C)C23CC(Br)[C@@H]1S3. The summed E-state index contributed by atoms with van der Waals surface area (Å²) < 4.78 is -0.676. The molecule has 1 spiro atoms. The summed E-state index contributed by atoms with van der Waals surface area (Å²) in [4.78, 5) is 41.6. The predicted molar refractivity (Wildman–Crippen MR) is 117 cm³/mol. The summed E-state index contributed by atoms with van der Waals surface area (Å²) >= 11 is 5.32. The lowest BCUT2D eigenvalue weighted by Gasteiger charge is -2.39. The quantitative estimate of drug-likeness (QED) is 0.502. The lowest BCUT2D eigenvalue weighted by molar-refractivity contribution is -0.144. The van der Waals surface area contributed by atoms with Gasteiger partial charge in [-0.05, 0) is 33.1 Å². The molecular formula is C20H32BrN3O4S. The van der Waals surface area contributed by atoms with Gasteiger partial charge in [-0.3, -0.25) is 14.4 Å². The monoisotopic (exact) mass is 489 g/mol. The Labute approximate surface area is 185 Å². The van der Waals surface area contributed by atoms with E-state index in [2.05, 4.69) is 26.6 Å². The second-order valence-electron chi connectivity index (χ2n) is 9.76. The molecule has 0 aromatic carbocycles. The van der Waals surface area contributed by atoms with Gasteiger partial charge >= 0.3 is 0 Å². The maximum atomic E-state index is 13.7. The van der Waals surface area contributed by atoms with Crippen molar-refractivity contribution in [3.8, 4) is 0 Å². The normalized spacial score (nSPS) is 37.1. The highest BCUT2D eigenvalue weighted by molar-refractivity contribution is 9.09. The molecule has 164 valence electrons. The Kier molecular flexibility index (Phi) is 6.08. The molecule has 0 saturated carbocycles. The average molecular weight is 490 g/mol. The maximum absolute atomic E-state index is 13.7. The van der Waals surface area contributed by atoms with Gasteiger partial charge in [0.05, 0.1) is 29.2 Å². The van der Waals surface area contributed by atoms with Crippen LogP contribution >= 0.6 is 27.7 Å². The molecule has 29 heavy (non-hydrogen) atoms. The number of carbonyl (C=O) groups excluding carboxylic acids is 3. The number of hydrogen-bond acceptors (Lipinski definition) is 5. The highest BCUT2D eigenvalue weighted by Crippen LogP contribution is 2.68. The second-order valence-corrected chi connectivity index (χ2v) is 12.5. The zero-order chi connectivity index (χ0) is 21.9. The van der Waals surface area contributed by atoms with E-state index < -0.39 is 34.2 Å². The maximum Gasteiger partial charge on any atom is 0.244 e. The van der Waals surface area contributed by atoms with E-state index in [1.165, 1.54) is 0 Å². The van der Waals surface area contributed by atoms with Crippen molar-refractivity contribution in [2.75, 3.05) is 13.7 Å². The molecular weight excluding hydrogens is 458 g/mol. The van der Waals surface area contributed by atoms with Crippen molar-refractivity contribution >= 4 is 45.4 Å². The van der Waals surface area contributed by atoms with E-state index in [1.807, 2.05) is 34.6 Å². The molecule has 3 unspecified atom stereocenters. The molecule has 0 radical (unpaired) electrons. The summed E-state index contributed by atoms with van der Waals surface area (Å²) in [7, 11) is 1.58. The van der Waals surface area contributed by atoms with Crippen LogP contribution in [-0.2, 0) is 14.4 Å². The van der Waals surface area contributed by atoms with Crippen molar-refractivity contribution < 1.29 is 19.5 Å². The van der Waals surface area contributed by atoms with Gasteiger partial charge in [-0.2, -0.15) is 0 Å². The summed E-state index contributed by atoms with van der Waals surface area (Å²) in [5.74, 6) is -1.63. The number of amides is 3. The molecule has 3 heterocycles. The van der Waals surface area contributed by atoms with E-state index in [1.54, 1.807) is 23.7 Å². The zero-order valence-corrected chi connectivity index (χ0v) is 20.3. The fraction of sp³-hybridized carbons (Fsp3) is 0.850. The number of nitrogens with one attached hydrogen (secondary N) is 2. The lowest BCUT2D eigenvalue weighted by atomic mass is 9.70. The van der Waals surface area contributed by atoms with Crippen LogP contribution in [-0.4, -0.2) is 73.8 Å². The van der Waals surface area contributed by atoms with Gasteiger partial charge in [0.25, 0.3) is 0 Å². The lowest BCUT2D eigenvalue weighted by Crippen LogP contribution is -2.60. The fourth-order valence-corrected chi connectivity index (χ4v) is 8.85. The number of aliphatic hydroxyl groups excluding tert-OH is 1. The van der Waals surface area contributed by atoms with Crippen LogP contribution in [0.15, 0.2) is 0 Å². The molecule has 3 amide bonds. The first kappa shape index (κ1) is 22.9. The number of aliphatic hydroxyl groups is 1. The van der Waals surface area contributed by atoms with E-state index >= 15 is 0 Å². The van der Waals surface area contributed by atoms with E-state index in [4.69, 9.17) is 0 Å². The minimum atomic E-state index is -0.719. The van der Waals surface area contributed by atoms with E-state index in [-0.39, 0.29) is 40.3 Å². The van der Waals surface area contributed by atoms with Gasteiger partial charge in [-0.25, -0.2) is 0 Å². The second kappa shape index (κ2) is 7.71. The molecule has 0 aliphatic carbocycles. The van der Waals surface area contributed by atoms with E-state index in [0.29, 0.717) is 6.42 Å². The number of fused-ring (bicyclic) bond motifs is 1. The van der Waals surface area contributed by atoms with Crippen molar-refractivity contribution in [3.63, 3.8) is 0 Å². The van der Waals surface area contributed by atoms with Crippen LogP contribution in [0.3, 0.4) is 0 Å². The van der Waals surface area contributed by atoms with Crippen LogP contribution in [0.1, 0.15) is 41.0 Å². The summed E-state index contributed by atoms with van der Waals surface area (Å²) in [6.07, 6.45) is 0.640. The van der Waals surface area contributed by atoms with Crippen LogP contribution in [0.5, 0.6) is 0 Å². The molecule has 3 fully saturated rings. The van der Waals surface area contributed by atoms with Crippen LogP contribution in [0.4, 0.5) is 0 Å². The van der Waals surface area contributed by atoms with E-state index in [9.17, 15) is 19.5 Å². The Bertz CT molecular complexity index is 712. The molecule has 0 aromatic heterocycles. The molecule has 7 nitrogen and oxygen atoms in total. The molecule has 7 atom stereocenters. The minimum Gasteiger partial charge on any atom is -0.394 e. The van der Waals surface area contributed by atoms with Crippen molar-refractivity contribution in [1.29, 1.82) is 0 Å². The Balaban J connectivity index is 2.12. The van der Waals surface area contributed by atoms with Gasteiger partial charge in [-0.15, -0.1) is 11.8 Å². The first-order valence-electron chi connectivity index (χ1n) is 10.2. The smallest absolute Gasteiger partial charge is 0.244 e. The molecule has 9 heteroatoms. The van der Waals surface area contributed by atoms with Crippen molar-refractivity contribution in [1.82, 2.24) is 15.5 Å². The Morgan fingerprint density at radius 2 is 1.97 bits per heavy atom. The summed E-state index contributed by atoms with van der Waals surface area (Å²) in [6.45, 7) is 9.38. The molecule has 2 bridgehead atoms. The van der Waals surface area contributed by atoms with Gasteiger partial charge < -0.3 is 20.6 Å². The Morgan fingerprint density at radius 1 is 1.34 bits per heavy atom. The highest BCUT2D eigenvalue weighted by atomic mass is 79.9. The number of halogens is 1. The number of rotatable bonds is 5. The third kappa shape index (κ3) is 3.51. The number of alkyl halides is 1. The van der Waals surface area contributed by atoms with Crippen molar-refractivity contribution in [2.45, 2.75) is 73.5 Å². The Hall–Kier alpha value is -0.800. The van der Waals surface area contributed by atoms with Crippen LogP contribution in [0.25, 0.3) is 0 Å². The fourth-order valence-electron chi connectivity index (χ4n) is 5.25. The van der Waals surface area contributed by atoms with Crippen LogP contribution in [0.2, 0.25) is 0 Å². The first-order chi connectivity index (χ1) is 13.4. The predicted octanol–water partition coefficient (Wildman–Crippen LogP) is 1.13. The average Bonchev–Trinajstić information content (AvgIpc) is 3.17. The highest BCUT2D eigenvalue weighted by Gasteiger charge is 2.76.